The number of furan rings is 1. The lowest BCUT2D eigenvalue weighted by Crippen LogP contribution is -2.13. The van der Waals surface area contributed by atoms with Gasteiger partial charge in [0.2, 0.25) is 0 Å². The molecule has 4 rings (SSSR count). The second-order valence-electron chi connectivity index (χ2n) is 6.23. The Labute approximate surface area is 184 Å². The number of anilines is 1. The first kappa shape index (κ1) is 20.3. The number of nitriles is 1. The monoisotopic (exact) mass is 450 g/mol. The largest absolute Gasteiger partial charge is 0.457 e. The lowest BCUT2D eigenvalue weighted by atomic mass is 10.1. The van der Waals surface area contributed by atoms with E-state index in [2.05, 4.69) is 10.3 Å². The first-order chi connectivity index (χ1) is 14.9. The number of para-hydroxylation sites is 1. The zero-order valence-electron chi connectivity index (χ0n) is 15.5. The summed E-state index contributed by atoms with van der Waals surface area (Å²) in [7, 11) is 0. The van der Waals surface area contributed by atoms with Gasteiger partial charge in [-0.15, -0.1) is 0 Å². The molecule has 0 radical (unpaired) electrons. The van der Waals surface area contributed by atoms with Crippen LogP contribution in [0.4, 0.5) is 10.8 Å². The molecule has 0 atom stereocenters. The second kappa shape index (κ2) is 8.39. The van der Waals surface area contributed by atoms with E-state index < -0.39 is 10.8 Å². The fourth-order valence-corrected chi connectivity index (χ4v) is 3.90. The highest BCUT2D eigenvalue weighted by atomic mass is 35.5. The molecule has 4 aromatic rings. The van der Waals surface area contributed by atoms with Crippen molar-refractivity contribution in [3.63, 3.8) is 0 Å². The Morgan fingerprint density at radius 2 is 2.06 bits per heavy atom. The maximum absolute atomic E-state index is 12.5. The van der Waals surface area contributed by atoms with E-state index in [9.17, 15) is 20.2 Å². The van der Waals surface area contributed by atoms with Crippen LogP contribution in [0.15, 0.2) is 64.6 Å². The van der Waals surface area contributed by atoms with Crippen molar-refractivity contribution in [2.45, 2.75) is 0 Å². The molecule has 1 N–H and O–H groups in total. The van der Waals surface area contributed by atoms with Gasteiger partial charge < -0.3 is 4.42 Å². The predicted molar refractivity (Wildman–Crippen MR) is 118 cm³/mol. The first-order valence-electron chi connectivity index (χ1n) is 8.77. The van der Waals surface area contributed by atoms with Gasteiger partial charge in [0.15, 0.2) is 5.13 Å². The Balaban J connectivity index is 1.56. The average Bonchev–Trinajstić information content (AvgIpc) is 3.37. The number of benzene rings is 2. The smallest absolute Gasteiger partial charge is 0.270 e. The minimum absolute atomic E-state index is 0.140. The van der Waals surface area contributed by atoms with Crippen molar-refractivity contribution in [1.29, 1.82) is 5.26 Å². The van der Waals surface area contributed by atoms with Gasteiger partial charge in [0.05, 0.1) is 20.2 Å². The highest BCUT2D eigenvalue weighted by Crippen LogP contribution is 2.33. The van der Waals surface area contributed by atoms with Crippen LogP contribution >= 0.6 is 22.9 Å². The molecule has 0 aliphatic rings. The molecular weight excluding hydrogens is 440 g/mol. The van der Waals surface area contributed by atoms with E-state index in [0.29, 0.717) is 16.5 Å². The van der Waals surface area contributed by atoms with Crippen molar-refractivity contribution in [2.24, 2.45) is 0 Å². The quantitative estimate of drug-likeness (QED) is 0.181. The number of halogens is 1. The lowest BCUT2D eigenvalue weighted by Gasteiger charge is -2.01. The van der Waals surface area contributed by atoms with Crippen LogP contribution in [-0.4, -0.2) is 15.8 Å². The molecule has 2 aromatic heterocycles. The molecule has 0 saturated heterocycles. The van der Waals surface area contributed by atoms with Gasteiger partial charge in [0.1, 0.15) is 23.2 Å². The number of rotatable bonds is 5. The number of aromatic nitrogens is 1. The summed E-state index contributed by atoms with van der Waals surface area (Å²) in [5.41, 5.74) is 0.888. The van der Waals surface area contributed by atoms with Gasteiger partial charge in [-0.25, -0.2) is 4.98 Å². The third-order valence-electron chi connectivity index (χ3n) is 4.22. The summed E-state index contributed by atoms with van der Waals surface area (Å²) < 4.78 is 6.57. The van der Waals surface area contributed by atoms with Crippen LogP contribution in [0.1, 0.15) is 5.76 Å². The van der Waals surface area contributed by atoms with Gasteiger partial charge in [-0.1, -0.05) is 35.1 Å². The molecule has 0 spiro atoms. The van der Waals surface area contributed by atoms with E-state index >= 15 is 0 Å². The van der Waals surface area contributed by atoms with Crippen LogP contribution < -0.4 is 5.32 Å². The summed E-state index contributed by atoms with van der Waals surface area (Å²) in [5.74, 6) is -0.0247. The van der Waals surface area contributed by atoms with E-state index in [4.69, 9.17) is 16.0 Å². The Morgan fingerprint density at radius 1 is 1.26 bits per heavy atom. The van der Waals surface area contributed by atoms with Crippen LogP contribution in [-0.2, 0) is 4.79 Å². The normalized spacial score (nSPS) is 11.3. The van der Waals surface area contributed by atoms with Crippen molar-refractivity contribution in [3.8, 4) is 17.4 Å². The number of non-ortho nitro benzene ring substituents is 1. The molecule has 2 heterocycles. The molecule has 152 valence electrons. The number of nitro groups is 1. The third-order valence-corrected chi connectivity index (χ3v) is 5.49. The first-order valence-corrected chi connectivity index (χ1v) is 9.97. The zero-order chi connectivity index (χ0) is 22.0. The average molecular weight is 451 g/mol. The Bertz CT molecular complexity index is 1370. The Morgan fingerprint density at radius 3 is 2.77 bits per heavy atom. The van der Waals surface area contributed by atoms with Gasteiger partial charge in [-0.05, 0) is 30.3 Å². The maximum Gasteiger partial charge on any atom is 0.270 e. The molecule has 0 fully saturated rings. The SMILES string of the molecule is N#C/C(=C\c1ccc(-c2ccc([N+](=O)[O-])cc2Cl)o1)C(=O)Nc1nc2ccccc2s1. The number of nitrogens with zero attached hydrogens (tertiary/aromatic N) is 3. The molecule has 1 amide bonds. The zero-order valence-corrected chi connectivity index (χ0v) is 17.1. The van der Waals surface area contributed by atoms with Crippen molar-refractivity contribution < 1.29 is 14.1 Å². The van der Waals surface area contributed by atoms with E-state index in [1.807, 2.05) is 30.3 Å². The fraction of sp³-hybridized carbons (Fsp3) is 0. The van der Waals surface area contributed by atoms with Crippen molar-refractivity contribution >= 4 is 56.0 Å². The van der Waals surface area contributed by atoms with Gasteiger partial charge in [0.25, 0.3) is 11.6 Å². The van der Waals surface area contributed by atoms with Crippen molar-refractivity contribution in [1.82, 2.24) is 4.98 Å². The molecular formula is C21H11ClN4O4S. The van der Waals surface area contributed by atoms with Crippen LogP contribution in [0.3, 0.4) is 0 Å². The number of amides is 1. The van der Waals surface area contributed by atoms with Crippen molar-refractivity contribution in [3.05, 3.63) is 81.1 Å². The van der Waals surface area contributed by atoms with Crippen LogP contribution in [0.2, 0.25) is 5.02 Å². The minimum atomic E-state index is -0.618. The highest BCUT2D eigenvalue weighted by Gasteiger charge is 2.16. The summed E-state index contributed by atoms with van der Waals surface area (Å²) in [6.45, 7) is 0. The summed E-state index contributed by atoms with van der Waals surface area (Å²) in [5, 5.41) is 23.4. The molecule has 0 unspecified atom stereocenters. The molecule has 8 nitrogen and oxygen atoms in total. The molecule has 2 aromatic carbocycles. The van der Waals surface area contributed by atoms with Gasteiger partial charge in [0, 0.05) is 23.8 Å². The number of hydrogen-bond donors (Lipinski definition) is 1. The van der Waals surface area contributed by atoms with E-state index in [1.165, 1.54) is 35.6 Å². The number of carbonyl (C=O) groups is 1. The summed E-state index contributed by atoms with van der Waals surface area (Å²) >= 11 is 7.42. The lowest BCUT2D eigenvalue weighted by molar-refractivity contribution is -0.384. The maximum atomic E-state index is 12.5. The minimum Gasteiger partial charge on any atom is -0.457 e. The fourth-order valence-electron chi connectivity index (χ4n) is 2.77. The molecule has 0 bridgehead atoms. The van der Waals surface area contributed by atoms with Gasteiger partial charge in [-0.3, -0.25) is 20.2 Å². The highest BCUT2D eigenvalue weighted by molar-refractivity contribution is 7.22. The Hall–Kier alpha value is -4.00. The number of nitro benzene ring substituents is 1. The number of carbonyl (C=O) groups excluding carboxylic acids is 1. The predicted octanol–water partition coefficient (Wildman–Crippen LogP) is 5.66. The Kier molecular flexibility index (Phi) is 5.49. The second-order valence-corrected chi connectivity index (χ2v) is 7.67. The molecule has 0 aliphatic carbocycles. The number of thiazole rings is 1. The summed E-state index contributed by atoms with van der Waals surface area (Å²) in [4.78, 5) is 27.1. The van der Waals surface area contributed by atoms with Crippen LogP contribution in [0.25, 0.3) is 27.6 Å². The number of fused-ring (bicyclic) bond motifs is 1. The standard InChI is InChI=1S/C21H11ClN4O4S/c22-16-10-13(26(28)29)5-7-15(16)18-8-6-14(30-18)9-12(11-23)20(27)25-21-24-17-3-1-2-4-19(17)31-21/h1-10H,(H,24,25,27)/b12-9+. The van der Waals surface area contributed by atoms with Crippen molar-refractivity contribution in [2.75, 3.05) is 5.32 Å². The molecule has 31 heavy (non-hydrogen) atoms. The third kappa shape index (κ3) is 4.30. The van der Waals surface area contributed by atoms with Gasteiger partial charge in [-0.2, -0.15) is 5.26 Å². The van der Waals surface area contributed by atoms with E-state index in [0.717, 1.165) is 10.2 Å². The van der Waals surface area contributed by atoms with E-state index in [1.54, 1.807) is 12.1 Å². The van der Waals surface area contributed by atoms with Crippen LogP contribution in [0, 0.1) is 21.4 Å². The number of nitrogens with one attached hydrogen (secondary N) is 1. The molecule has 10 heteroatoms. The molecule has 0 aliphatic heterocycles. The van der Waals surface area contributed by atoms with E-state index in [-0.39, 0.29) is 22.0 Å². The summed E-state index contributed by atoms with van der Waals surface area (Å²) in [6, 6.07) is 16.5. The number of hydrogen-bond acceptors (Lipinski definition) is 7. The van der Waals surface area contributed by atoms with Gasteiger partial charge >= 0.3 is 0 Å². The van der Waals surface area contributed by atoms with Crippen LogP contribution in [0.5, 0.6) is 0 Å². The summed E-state index contributed by atoms with van der Waals surface area (Å²) in [6.07, 6.45) is 1.30. The molecule has 0 saturated carbocycles. The topological polar surface area (TPSA) is 122 Å².